The fraction of sp³-hybridized carbons (Fsp3) is 0.533. The second kappa shape index (κ2) is 10.1. The molecule has 21 heavy (non-hydrogen) atoms. The predicted molar refractivity (Wildman–Crippen MR) is 85.6 cm³/mol. The zero-order valence-electron chi connectivity index (χ0n) is 12.4. The molecule has 1 aromatic rings. The van der Waals surface area contributed by atoms with Crippen molar-refractivity contribution < 1.29 is 14.3 Å². The summed E-state index contributed by atoms with van der Waals surface area (Å²) < 4.78 is 10.1. The molecule has 0 heterocycles. The number of carbonyl (C=O) groups is 1. The molecule has 1 aromatic carbocycles. The first-order valence-electron chi connectivity index (χ1n) is 6.77. The summed E-state index contributed by atoms with van der Waals surface area (Å²) in [4.78, 5) is 14.4. The Morgan fingerprint density at radius 3 is 2.29 bits per heavy atom. The summed E-state index contributed by atoms with van der Waals surface area (Å²) in [7, 11) is 3.32. The van der Waals surface area contributed by atoms with Gasteiger partial charge in [-0.3, -0.25) is 9.69 Å². The van der Waals surface area contributed by atoms with Gasteiger partial charge in [0.1, 0.15) is 0 Å². The van der Waals surface area contributed by atoms with Gasteiger partial charge in [-0.1, -0.05) is 29.3 Å². The number of hydrogen-bond acceptors (Lipinski definition) is 4. The zero-order chi connectivity index (χ0) is 15.7. The molecule has 0 bridgehead atoms. The standard InChI is InChI=1S/C15H21Cl2NO3/c1-20-10-8-18(9-11-21-2)7-6-14(19)12-4-3-5-13(16)15(12)17/h3-5H,6-11H2,1-2H3. The zero-order valence-corrected chi connectivity index (χ0v) is 13.9. The fourth-order valence-corrected chi connectivity index (χ4v) is 2.30. The second-order valence-corrected chi connectivity index (χ2v) is 5.39. The maximum absolute atomic E-state index is 12.2. The molecule has 0 spiro atoms. The Hall–Kier alpha value is -0.650. The molecule has 0 fully saturated rings. The highest BCUT2D eigenvalue weighted by Crippen LogP contribution is 2.26. The minimum absolute atomic E-state index is 0.0117. The van der Waals surface area contributed by atoms with E-state index < -0.39 is 0 Å². The van der Waals surface area contributed by atoms with Crippen LogP contribution >= 0.6 is 23.2 Å². The molecule has 0 aliphatic carbocycles. The van der Waals surface area contributed by atoms with Crippen LogP contribution in [0, 0.1) is 0 Å². The molecule has 0 amide bonds. The third kappa shape index (κ3) is 6.32. The van der Waals surface area contributed by atoms with Crippen molar-refractivity contribution >= 4 is 29.0 Å². The molecule has 0 atom stereocenters. The van der Waals surface area contributed by atoms with E-state index in [2.05, 4.69) is 4.90 Å². The lowest BCUT2D eigenvalue weighted by Gasteiger charge is -2.21. The lowest BCUT2D eigenvalue weighted by atomic mass is 10.1. The van der Waals surface area contributed by atoms with Gasteiger partial charge in [0.05, 0.1) is 23.3 Å². The van der Waals surface area contributed by atoms with Crippen molar-refractivity contribution in [3.05, 3.63) is 33.8 Å². The Morgan fingerprint density at radius 1 is 1.10 bits per heavy atom. The summed E-state index contributed by atoms with van der Waals surface area (Å²) in [6.45, 7) is 3.40. The van der Waals surface area contributed by atoms with Crippen LogP contribution in [-0.2, 0) is 9.47 Å². The number of hydrogen-bond donors (Lipinski definition) is 0. The predicted octanol–water partition coefficient (Wildman–Crippen LogP) is 3.16. The quantitative estimate of drug-likeness (QED) is 0.616. The summed E-state index contributed by atoms with van der Waals surface area (Å²) in [5, 5.41) is 0.725. The number of nitrogens with zero attached hydrogens (tertiary/aromatic N) is 1. The third-order valence-corrected chi connectivity index (χ3v) is 3.95. The molecule has 0 saturated carbocycles. The number of carbonyl (C=O) groups excluding carboxylic acids is 1. The van der Waals surface area contributed by atoms with Crippen LogP contribution in [0.5, 0.6) is 0 Å². The Morgan fingerprint density at radius 2 is 1.71 bits per heavy atom. The molecule has 0 unspecified atom stereocenters. The average Bonchev–Trinajstić information content (AvgIpc) is 2.49. The highest BCUT2D eigenvalue weighted by atomic mass is 35.5. The van der Waals surface area contributed by atoms with E-state index in [1.54, 1.807) is 32.4 Å². The first kappa shape index (κ1) is 18.4. The maximum Gasteiger partial charge on any atom is 0.165 e. The number of benzene rings is 1. The van der Waals surface area contributed by atoms with Gasteiger partial charge in [0.25, 0.3) is 0 Å². The second-order valence-electron chi connectivity index (χ2n) is 4.60. The largest absolute Gasteiger partial charge is 0.383 e. The summed E-state index contributed by atoms with van der Waals surface area (Å²) in [6, 6.07) is 5.10. The molecule has 6 heteroatoms. The van der Waals surface area contributed by atoms with E-state index in [1.807, 2.05) is 0 Å². The lowest BCUT2D eigenvalue weighted by molar-refractivity contribution is 0.0911. The van der Waals surface area contributed by atoms with Crippen LogP contribution in [-0.4, -0.2) is 57.8 Å². The smallest absolute Gasteiger partial charge is 0.165 e. The average molecular weight is 334 g/mol. The van der Waals surface area contributed by atoms with Crippen molar-refractivity contribution in [2.75, 3.05) is 47.1 Å². The van der Waals surface area contributed by atoms with E-state index >= 15 is 0 Å². The molecule has 0 saturated heterocycles. The first-order valence-corrected chi connectivity index (χ1v) is 7.53. The van der Waals surface area contributed by atoms with Crippen LogP contribution in [0.15, 0.2) is 18.2 Å². The summed E-state index contributed by atoms with van der Waals surface area (Å²) in [5.74, 6) is -0.0117. The number of ether oxygens (including phenoxy) is 2. The van der Waals surface area contributed by atoms with E-state index in [-0.39, 0.29) is 5.78 Å². The van der Waals surface area contributed by atoms with Gasteiger partial charge in [0.15, 0.2) is 5.78 Å². The molecule has 118 valence electrons. The molecule has 1 rings (SSSR count). The fourth-order valence-electron chi connectivity index (χ4n) is 1.89. The Balaban J connectivity index is 2.57. The van der Waals surface area contributed by atoms with Crippen LogP contribution in [0.3, 0.4) is 0 Å². The first-order chi connectivity index (χ1) is 10.1. The minimum Gasteiger partial charge on any atom is -0.383 e. The Labute approximate surface area is 135 Å². The van der Waals surface area contributed by atoms with E-state index in [0.29, 0.717) is 41.8 Å². The topological polar surface area (TPSA) is 38.8 Å². The van der Waals surface area contributed by atoms with Crippen LogP contribution in [0.4, 0.5) is 0 Å². The van der Waals surface area contributed by atoms with Gasteiger partial charge in [-0.05, 0) is 12.1 Å². The minimum atomic E-state index is -0.0117. The van der Waals surface area contributed by atoms with E-state index in [0.717, 1.165) is 13.1 Å². The van der Waals surface area contributed by atoms with Crippen molar-refractivity contribution in [1.29, 1.82) is 0 Å². The Kier molecular flexibility index (Phi) is 8.88. The molecule has 0 radical (unpaired) electrons. The molecule has 0 aliphatic rings. The van der Waals surface area contributed by atoms with Gasteiger partial charge >= 0.3 is 0 Å². The van der Waals surface area contributed by atoms with Crippen LogP contribution < -0.4 is 0 Å². The van der Waals surface area contributed by atoms with Crippen molar-refractivity contribution in [3.63, 3.8) is 0 Å². The van der Waals surface area contributed by atoms with Crippen LogP contribution in [0.2, 0.25) is 10.0 Å². The summed E-state index contributed by atoms with van der Waals surface area (Å²) in [5.41, 5.74) is 0.475. The SMILES string of the molecule is COCCN(CCOC)CCC(=O)c1cccc(Cl)c1Cl. The van der Waals surface area contributed by atoms with Gasteiger partial charge in [-0.25, -0.2) is 0 Å². The third-order valence-electron chi connectivity index (χ3n) is 3.13. The van der Waals surface area contributed by atoms with E-state index in [9.17, 15) is 4.79 Å². The molecule has 0 aromatic heterocycles. The number of ketones is 1. The van der Waals surface area contributed by atoms with Crippen molar-refractivity contribution in [2.24, 2.45) is 0 Å². The van der Waals surface area contributed by atoms with Gasteiger partial charge in [-0.15, -0.1) is 0 Å². The van der Waals surface area contributed by atoms with Gasteiger partial charge in [-0.2, -0.15) is 0 Å². The van der Waals surface area contributed by atoms with E-state index in [1.165, 1.54) is 0 Å². The van der Waals surface area contributed by atoms with Crippen LogP contribution in [0.25, 0.3) is 0 Å². The van der Waals surface area contributed by atoms with Crippen LogP contribution in [0.1, 0.15) is 16.8 Å². The number of rotatable bonds is 10. The van der Waals surface area contributed by atoms with Gasteiger partial charge < -0.3 is 9.47 Å². The number of halogens is 2. The normalized spacial score (nSPS) is 11.1. The lowest BCUT2D eigenvalue weighted by Crippen LogP contribution is -2.32. The van der Waals surface area contributed by atoms with Crippen molar-refractivity contribution in [2.45, 2.75) is 6.42 Å². The maximum atomic E-state index is 12.2. The monoisotopic (exact) mass is 333 g/mol. The molecule has 0 aliphatic heterocycles. The summed E-state index contributed by atoms with van der Waals surface area (Å²) in [6.07, 6.45) is 0.382. The number of Topliss-reactive ketones (excluding diaryl/α,β-unsaturated/α-hetero) is 1. The molecule has 4 nitrogen and oxygen atoms in total. The molecular formula is C15H21Cl2NO3. The Bertz CT molecular complexity index is 447. The van der Waals surface area contributed by atoms with Crippen molar-refractivity contribution in [1.82, 2.24) is 4.90 Å². The summed E-state index contributed by atoms with van der Waals surface area (Å²) >= 11 is 12.0. The molecule has 0 N–H and O–H groups in total. The van der Waals surface area contributed by atoms with Crippen molar-refractivity contribution in [3.8, 4) is 0 Å². The number of methoxy groups -OCH3 is 2. The van der Waals surface area contributed by atoms with E-state index in [4.69, 9.17) is 32.7 Å². The highest BCUT2D eigenvalue weighted by molar-refractivity contribution is 6.43. The molecular weight excluding hydrogens is 313 g/mol. The van der Waals surface area contributed by atoms with Gasteiger partial charge in [0.2, 0.25) is 0 Å². The van der Waals surface area contributed by atoms with Gasteiger partial charge in [0, 0.05) is 45.8 Å². The highest BCUT2D eigenvalue weighted by Gasteiger charge is 2.14.